The summed E-state index contributed by atoms with van der Waals surface area (Å²) in [5.74, 6) is -0.625. The molecule has 0 spiro atoms. The molecular weight excluding hydrogens is 392 g/mol. The molecule has 30 heavy (non-hydrogen) atoms. The van der Waals surface area contributed by atoms with Crippen molar-refractivity contribution < 1.29 is 18.7 Å². The molecule has 4 nitrogen and oxygen atoms in total. The highest BCUT2D eigenvalue weighted by Gasteiger charge is 2.57. The van der Waals surface area contributed by atoms with Crippen LogP contribution in [0.3, 0.4) is 0 Å². The maximum Gasteiger partial charge on any atom is 0.240 e. The van der Waals surface area contributed by atoms with Crippen LogP contribution in [0.4, 0.5) is 0 Å². The summed E-state index contributed by atoms with van der Waals surface area (Å²) in [7, 11) is -1.96. The molecule has 0 aromatic heterocycles. The van der Waals surface area contributed by atoms with E-state index in [0.717, 1.165) is 0 Å². The van der Waals surface area contributed by atoms with Crippen LogP contribution in [-0.4, -0.2) is 38.9 Å². The molecule has 2 fully saturated rings. The largest absolute Gasteiger partial charge is 0.407 e. The van der Waals surface area contributed by atoms with Crippen molar-refractivity contribution in [2.75, 3.05) is 0 Å². The molecule has 4 atom stereocenters. The van der Waals surface area contributed by atoms with E-state index < -0.39 is 20.9 Å². The van der Waals surface area contributed by atoms with Crippen LogP contribution >= 0.6 is 0 Å². The molecule has 5 heteroatoms. The molecule has 160 valence electrons. The first-order valence-electron chi connectivity index (χ1n) is 10.8. The monoisotopic (exact) mass is 424 g/mol. The van der Waals surface area contributed by atoms with Crippen LogP contribution in [0.5, 0.6) is 0 Å². The molecule has 0 amide bonds. The zero-order valence-corrected chi connectivity index (χ0v) is 19.7. The number of rotatable bonds is 5. The fourth-order valence-electron chi connectivity index (χ4n) is 4.79. The van der Waals surface area contributed by atoms with Gasteiger partial charge in [0.1, 0.15) is 6.10 Å². The molecule has 0 N–H and O–H groups in total. The van der Waals surface area contributed by atoms with Gasteiger partial charge in [-0.1, -0.05) is 81.4 Å². The summed E-state index contributed by atoms with van der Waals surface area (Å²) in [6, 6.07) is 21.0. The zero-order chi connectivity index (χ0) is 21.5. The smallest absolute Gasteiger partial charge is 0.240 e. The Hall–Kier alpha value is -1.79. The molecule has 1 saturated heterocycles. The Kier molecular flexibility index (Phi) is 5.75. The molecular formula is C25H32O4Si. The van der Waals surface area contributed by atoms with Gasteiger partial charge in [0.15, 0.2) is 11.6 Å². The summed E-state index contributed by atoms with van der Waals surface area (Å²) in [5.41, 5.74) is -0.148. The quantitative estimate of drug-likeness (QED) is 0.692. The van der Waals surface area contributed by atoms with Crippen LogP contribution in [0.2, 0.25) is 0 Å². The third kappa shape index (κ3) is 4.30. The number of Topliss-reactive ketones (excluding diaryl/α,β-unsaturated/α-hetero) is 1. The van der Waals surface area contributed by atoms with Gasteiger partial charge in [-0.15, -0.1) is 0 Å². The number of hydrogen-bond acceptors (Lipinski definition) is 4. The summed E-state index contributed by atoms with van der Waals surface area (Å²) in [6.07, 6.45) is -0.408. The van der Waals surface area contributed by atoms with E-state index >= 15 is 0 Å². The van der Waals surface area contributed by atoms with Crippen LogP contribution < -0.4 is 10.4 Å². The van der Waals surface area contributed by atoms with Gasteiger partial charge in [0.2, 0.25) is 9.04 Å². The minimum Gasteiger partial charge on any atom is -0.407 e. The second-order valence-corrected chi connectivity index (χ2v) is 12.3. The molecule has 4 rings (SSSR count). The zero-order valence-electron chi connectivity index (χ0n) is 18.5. The lowest BCUT2D eigenvalue weighted by Crippen LogP contribution is -2.53. The fourth-order valence-corrected chi connectivity index (χ4v) is 7.54. The first kappa shape index (κ1) is 21.4. The second-order valence-electron chi connectivity index (χ2n) is 9.98. The van der Waals surface area contributed by atoms with Crippen LogP contribution in [0, 0.1) is 11.3 Å². The average molecular weight is 425 g/mol. The minimum atomic E-state index is -1.96. The van der Waals surface area contributed by atoms with Gasteiger partial charge < -0.3 is 13.9 Å². The van der Waals surface area contributed by atoms with Crippen molar-refractivity contribution in [1.82, 2.24) is 0 Å². The Morgan fingerprint density at radius 2 is 1.50 bits per heavy atom. The molecule has 2 aliphatic rings. The van der Waals surface area contributed by atoms with Crippen LogP contribution in [0.25, 0.3) is 0 Å². The van der Waals surface area contributed by atoms with Gasteiger partial charge in [0, 0.05) is 12.3 Å². The maximum absolute atomic E-state index is 12.8. The van der Waals surface area contributed by atoms with E-state index in [1.54, 1.807) is 0 Å². The summed E-state index contributed by atoms with van der Waals surface area (Å²) in [5, 5.41) is 2.48. The standard InChI is InChI=1S/C25H32O4Si/c1-24(2,3)23(19-16-20(26)22-21(19)27-25(4,5)28-22)29-30(17-12-8-6-9-13-17)18-14-10-7-11-15-18/h6-15,19,21-23,30H,16H2,1-5H3. The van der Waals surface area contributed by atoms with Crippen molar-refractivity contribution in [2.45, 2.75) is 65.1 Å². The van der Waals surface area contributed by atoms with Crippen molar-refractivity contribution in [1.29, 1.82) is 0 Å². The molecule has 2 aromatic carbocycles. The lowest BCUT2D eigenvalue weighted by Gasteiger charge is -2.40. The second kappa shape index (κ2) is 8.04. The fraction of sp³-hybridized carbons (Fsp3) is 0.480. The SMILES string of the molecule is CC1(C)OC2C(=O)CC(C(O[SiH](c3ccccc3)c3ccccc3)C(C)(C)C)C2O1. The van der Waals surface area contributed by atoms with Crippen molar-refractivity contribution in [3.63, 3.8) is 0 Å². The number of benzene rings is 2. The molecule has 2 aromatic rings. The van der Waals surface area contributed by atoms with Crippen molar-refractivity contribution in [3.05, 3.63) is 60.7 Å². The van der Waals surface area contributed by atoms with Crippen molar-refractivity contribution >= 4 is 25.2 Å². The van der Waals surface area contributed by atoms with Crippen molar-refractivity contribution in [2.24, 2.45) is 11.3 Å². The Bertz CT molecular complexity index is 836. The molecule has 1 aliphatic carbocycles. The molecule has 0 radical (unpaired) electrons. The van der Waals surface area contributed by atoms with Gasteiger partial charge in [0.05, 0.1) is 12.2 Å². The maximum atomic E-state index is 12.8. The molecule has 1 saturated carbocycles. The lowest BCUT2D eigenvalue weighted by atomic mass is 9.79. The predicted octanol–water partition coefficient (Wildman–Crippen LogP) is 3.07. The summed E-state index contributed by atoms with van der Waals surface area (Å²) in [4.78, 5) is 12.8. The Labute approximate surface area is 181 Å². The van der Waals surface area contributed by atoms with E-state index in [1.165, 1.54) is 10.4 Å². The summed E-state index contributed by atoms with van der Waals surface area (Å²) >= 11 is 0. The Morgan fingerprint density at radius 1 is 0.967 bits per heavy atom. The third-order valence-corrected chi connectivity index (χ3v) is 8.58. The third-order valence-electron chi connectivity index (χ3n) is 6.04. The average Bonchev–Trinajstić information content (AvgIpc) is 3.16. The topological polar surface area (TPSA) is 44.8 Å². The predicted molar refractivity (Wildman–Crippen MR) is 121 cm³/mol. The van der Waals surface area contributed by atoms with Gasteiger partial charge in [-0.2, -0.15) is 0 Å². The van der Waals surface area contributed by atoms with Gasteiger partial charge in [-0.25, -0.2) is 0 Å². The highest BCUT2D eigenvalue weighted by Crippen LogP contribution is 2.45. The molecule has 1 aliphatic heterocycles. The molecule has 4 unspecified atom stereocenters. The highest BCUT2D eigenvalue weighted by atomic mass is 28.3. The highest BCUT2D eigenvalue weighted by molar-refractivity contribution is 6.80. The number of carbonyl (C=O) groups is 1. The van der Waals surface area contributed by atoms with Gasteiger partial charge in [-0.05, 0) is 29.6 Å². The first-order valence-corrected chi connectivity index (χ1v) is 12.4. The van der Waals surface area contributed by atoms with E-state index in [1.807, 2.05) is 26.0 Å². The molecule has 1 heterocycles. The lowest BCUT2D eigenvalue weighted by molar-refractivity contribution is -0.168. The van der Waals surface area contributed by atoms with Gasteiger partial charge >= 0.3 is 0 Å². The molecule has 0 bridgehead atoms. The number of fused-ring (bicyclic) bond motifs is 1. The van der Waals surface area contributed by atoms with Gasteiger partial charge in [0.25, 0.3) is 0 Å². The Balaban J connectivity index is 1.69. The first-order chi connectivity index (χ1) is 14.2. The number of ketones is 1. The van der Waals surface area contributed by atoms with E-state index in [0.29, 0.717) is 6.42 Å². The normalized spacial score (nSPS) is 26.7. The van der Waals surface area contributed by atoms with E-state index in [9.17, 15) is 4.79 Å². The van der Waals surface area contributed by atoms with E-state index in [4.69, 9.17) is 13.9 Å². The number of carbonyl (C=O) groups excluding carboxylic acids is 1. The van der Waals surface area contributed by atoms with Crippen molar-refractivity contribution in [3.8, 4) is 0 Å². The Morgan fingerprint density at radius 3 is 2.00 bits per heavy atom. The van der Waals surface area contributed by atoms with E-state index in [-0.39, 0.29) is 29.3 Å². The summed E-state index contributed by atoms with van der Waals surface area (Å²) < 4.78 is 19.2. The van der Waals surface area contributed by atoms with E-state index in [2.05, 4.69) is 69.3 Å². The number of hydrogen-bond donors (Lipinski definition) is 0. The summed E-state index contributed by atoms with van der Waals surface area (Å²) in [6.45, 7) is 10.3. The van der Waals surface area contributed by atoms with Gasteiger partial charge in [-0.3, -0.25) is 4.79 Å². The number of ether oxygens (including phenoxy) is 2. The van der Waals surface area contributed by atoms with Crippen LogP contribution in [0.15, 0.2) is 60.7 Å². The van der Waals surface area contributed by atoms with Crippen LogP contribution in [0.1, 0.15) is 41.0 Å². The van der Waals surface area contributed by atoms with Crippen LogP contribution in [-0.2, 0) is 18.7 Å². The minimum absolute atomic E-state index is 0.0216.